The average Bonchev–Trinajstić information content (AvgIpc) is 3.20. The van der Waals surface area contributed by atoms with Crippen LogP contribution in [0.15, 0.2) is 50.9 Å². The van der Waals surface area contributed by atoms with Crippen LogP contribution in [0, 0.1) is 6.92 Å². The number of nitrogens with one attached hydrogen (secondary N) is 2. The highest BCUT2D eigenvalue weighted by Gasteiger charge is 2.22. The first kappa shape index (κ1) is 18.0. The van der Waals surface area contributed by atoms with Crippen LogP contribution < -0.4 is 11.0 Å². The van der Waals surface area contributed by atoms with E-state index in [0.717, 1.165) is 5.56 Å². The van der Waals surface area contributed by atoms with E-state index in [4.69, 9.17) is 4.52 Å². The fraction of sp³-hybridized carbons (Fsp3) is 0.294. The second-order valence-corrected chi connectivity index (χ2v) is 6.88. The number of H-pyrrole nitrogens is 1. The fourth-order valence-electron chi connectivity index (χ4n) is 2.38. The molecule has 0 aliphatic rings. The van der Waals surface area contributed by atoms with Crippen molar-refractivity contribution in [1.29, 1.82) is 0 Å². The average molecular weight is 373 g/mol. The lowest BCUT2D eigenvalue weighted by Crippen LogP contribution is -2.26. The third kappa shape index (κ3) is 4.23. The van der Waals surface area contributed by atoms with Crippen molar-refractivity contribution in [3.63, 3.8) is 0 Å². The largest absolute Gasteiger partial charge is 0.360 e. The molecule has 2 heterocycles. The molecule has 1 aromatic carbocycles. The van der Waals surface area contributed by atoms with E-state index in [0.29, 0.717) is 29.7 Å². The van der Waals surface area contributed by atoms with E-state index in [1.165, 1.54) is 16.3 Å². The Kier molecular flexibility index (Phi) is 5.57. The van der Waals surface area contributed by atoms with Crippen molar-refractivity contribution >= 4 is 23.5 Å². The molecule has 2 N–H and O–H groups in total. The topological polar surface area (TPSA) is 106 Å². The van der Waals surface area contributed by atoms with Gasteiger partial charge < -0.3 is 9.84 Å². The molecular formula is C17H19N5O3S. The molecule has 1 unspecified atom stereocenters. The summed E-state index contributed by atoms with van der Waals surface area (Å²) in [5.41, 5.74) is 0.673. The molecule has 3 rings (SSSR count). The van der Waals surface area contributed by atoms with Gasteiger partial charge in [-0.15, -0.1) is 5.10 Å². The van der Waals surface area contributed by atoms with Gasteiger partial charge in [0.2, 0.25) is 5.91 Å². The zero-order valence-corrected chi connectivity index (χ0v) is 15.2. The molecule has 0 spiro atoms. The molecule has 0 aliphatic carbocycles. The normalized spacial score (nSPS) is 12.1. The Morgan fingerprint density at radius 1 is 1.38 bits per heavy atom. The predicted molar refractivity (Wildman–Crippen MR) is 98.2 cm³/mol. The number of carbonyl (C=O) groups is 1. The van der Waals surface area contributed by atoms with Crippen molar-refractivity contribution in [2.45, 2.75) is 37.2 Å². The molecule has 0 saturated carbocycles. The Morgan fingerprint density at radius 3 is 2.81 bits per heavy atom. The first-order valence-corrected chi connectivity index (χ1v) is 9.04. The lowest BCUT2D eigenvalue weighted by atomic mass is 10.2. The summed E-state index contributed by atoms with van der Waals surface area (Å²) in [5, 5.41) is 13.1. The molecule has 0 saturated heterocycles. The van der Waals surface area contributed by atoms with Gasteiger partial charge in [-0.25, -0.2) is 9.89 Å². The van der Waals surface area contributed by atoms with Crippen LogP contribution in [0.3, 0.4) is 0 Å². The number of nitrogens with zero attached hydrogens (tertiary/aromatic N) is 3. The van der Waals surface area contributed by atoms with Gasteiger partial charge in [0.15, 0.2) is 11.0 Å². The lowest BCUT2D eigenvalue weighted by molar-refractivity contribution is -0.115. The standard InChI is InChI=1S/C17H19N5O3S/c1-3-13(15(23)18-14-9-11(2)25-21-14)26-17-20-19-16(24)22(17)10-12-7-5-4-6-8-12/h4-9,13H,3,10H2,1-2H3,(H,19,24)(H,18,21,23). The second kappa shape index (κ2) is 8.05. The summed E-state index contributed by atoms with van der Waals surface area (Å²) >= 11 is 1.24. The molecule has 136 valence electrons. The van der Waals surface area contributed by atoms with Crippen LogP contribution in [0.1, 0.15) is 24.7 Å². The lowest BCUT2D eigenvalue weighted by Gasteiger charge is -2.13. The van der Waals surface area contributed by atoms with Gasteiger partial charge in [0.05, 0.1) is 11.8 Å². The molecular weight excluding hydrogens is 354 g/mol. The van der Waals surface area contributed by atoms with Gasteiger partial charge in [-0.3, -0.25) is 9.36 Å². The van der Waals surface area contributed by atoms with Gasteiger partial charge in [0, 0.05) is 6.07 Å². The molecule has 2 aromatic heterocycles. The number of thioether (sulfide) groups is 1. The third-order valence-electron chi connectivity index (χ3n) is 3.70. The molecule has 8 nitrogen and oxygen atoms in total. The van der Waals surface area contributed by atoms with Crippen LogP contribution in [0.2, 0.25) is 0 Å². The first-order chi connectivity index (χ1) is 12.6. The van der Waals surface area contributed by atoms with Gasteiger partial charge >= 0.3 is 5.69 Å². The van der Waals surface area contributed by atoms with Crippen LogP contribution in [-0.4, -0.2) is 31.1 Å². The molecule has 0 aliphatic heterocycles. The Hall–Kier alpha value is -2.81. The molecule has 26 heavy (non-hydrogen) atoms. The van der Waals surface area contributed by atoms with Crippen molar-refractivity contribution < 1.29 is 9.32 Å². The van der Waals surface area contributed by atoms with E-state index in [1.54, 1.807) is 13.0 Å². The number of aromatic nitrogens is 4. The number of benzene rings is 1. The maximum atomic E-state index is 12.5. The van der Waals surface area contributed by atoms with E-state index in [-0.39, 0.29) is 11.6 Å². The maximum absolute atomic E-state index is 12.5. The molecule has 1 amide bonds. The summed E-state index contributed by atoms with van der Waals surface area (Å²) in [7, 11) is 0. The highest BCUT2D eigenvalue weighted by Crippen LogP contribution is 2.24. The summed E-state index contributed by atoms with van der Waals surface area (Å²) in [4.78, 5) is 24.6. The molecule has 0 fully saturated rings. The first-order valence-electron chi connectivity index (χ1n) is 8.16. The zero-order chi connectivity index (χ0) is 18.5. The minimum Gasteiger partial charge on any atom is -0.360 e. The fourth-order valence-corrected chi connectivity index (χ4v) is 3.34. The van der Waals surface area contributed by atoms with Gasteiger partial charge in [-0.2, -0.15) is 0 Å². The number of hydrogen-bond donors (Lipinski definition) is 2. The number of aryl methyl sites for hydroxylation is 1. The predicted octanol–water partition coefficient (Wildman–Crippen LogP) is 2.43. The Bertz CT molecular complexity index is 931. The van der Waals surface area contributed by atoms with Crippen molar-refractivity contribution in [1.82, 2.24) is 19.9 Å². The monoisotopic (exact) mass is 373 g/mol. The molecule has 0 bridgehead atoms. The maximum Gasteiger partial charge on any atom is 0.344 e. The summed E-state index contributed by atoms with van der Waals surface area (Å²) in [6.45, 7) is 4.04. The van der Waals surface area contributed by atoms with Crippen LogP contribution in [0.5, 0.6) is 0 Å². The molecule has 1 atom stereocenters. The molecule has 3 aromatic rings. The number of amides is 1. The second-order valence-electron chi connectivity index (χ2n) is 5.71. The van der Waals surface area contributed by atoms with Crippen molar-refractivity contribution in [2.75, 3.05) is 5.32 Å². The minimum absolute atomic E-state index is 0.215. The SMILES string of the molecule is CCC(Sc1n[nH]c(=O)n1Cc1ccccc1)C(=O)Nc1cc(C)on1. The molecule has 9 heteroatoms. The number of aromatic amines is 1. The van der Waals surface area contributed by atoms with Crippen LogP contribution >= 0.6 is 11.8 Å². The van der Waals surface area contributed by atoms with Crippen LogP contribution in [0.25, 0.3) is 0 Å². The van der Waals surface area contributed by atoms with Crippen LogP contribution in [0.4, 0.5) is 5.82 Å². The summed E-state index contributed by atoms with van der Waals surface area (Å²) in [6, 6.07) is 11.3. The number of hydrogen-bond acceptors (Lipinski definition) is 6. The summed E-state index contributed by atoms with van der Waals surface area (Å²) in [6.07, 6.45) is 0.569. The van der Waals surface area contributed by atoms with E-state index in [1.807, 2.05) is 37.3 Å². The van der Waals surface area contributed by atoms with Gasteiger partial charge in [-0.05, 0) is 18.9 Å². The smallest absolute Gasteiger partial charge is 0.344 e. The van der Waals surface area contributed by atoms with Crippen LogP contribution in [-0.2, 0) is 11.3 Å². The van der Waals surface area contributed by atoms with Gasteiger partial charge in [0.1, 0.15) is 5.76 Å². The van der Waals surface area contributed by atoms with E-state index in [9.17, 15) is 9.59 Å². The number of carbonyl (C=O) groups excluding carboxylic acids is 1. The van der Waals surface area contributed by atoms with Crippen molar-refractivity contribution in [3.05, 3.63) is 58.2 Å². The van der Waals surface area contributed by atoms with Gasteiger partial charge in [-0.1, -0.05) is 54.2 Å². The highest BCUT2D eigenvalue weighted by molar-refractivity contribution is 8.00. The Balaban J connectivity index is 1.74. The van der Waals surface area contributed by atoms with E-state index in [2.05, 4.69) is 20.7 Å². The van der Waals surface area contributed by atoms with Crippen molar-refractivity contribution in [3.8, 4) is 0 Å². The van der Waals surface area contributed by atoms with E-state index >= 15 is 0 Å². The molecule has 0 radical (unpaired) electrons. The highest BCUT2D eigenvalue weighted by atomic mass is 32.2. The Morgan fingerprint density at radius 2 is 2.15 bits per heavy atom. The quantitative estimate of drug-likeness (QED) is 0.616. The number of rotatable bonds is 7. The zero-order valence-electron chi connectivity index (χ0n) is 14.4. The van der Waals surface area contributed by atoms with E-state index < -0.39 is 5.25 Å². The van der Waals surface area contributed by atoms with Crippen molar-refractivity contribution in [2.24, 2.45) is 0 Å². The summed E-state index contributed by atoms with van der Waals surface area (Å²) in [5.74, 6) is 0.771. The Labute approximate surface area is 154 Å². The number of anilines is 1. The minimum atomic E-state index is -0.420. The third-order valence-corrected chi connectivity index (χ3v) is 5.05. The van der Waals surface area contributed by atoms with Gasteiger partial charge in [0.25, 0.3) is 0 Å². The summed E-state index contributed by atoms with van der Waals surface area (Å²) < 4.78 is 6.48.